The molecule has 1 fully saturated rings. The highest BCUT2D eigenvalue weighted by Crippen LogP contribution is 2.19. The maximum absolute atomic E-state index is 12.0. The van der Waals surface area contributed by atoms with Crippen LogP contribution in [0.5, 0.6) is 0 Å². The second-order valence-corrected chi connectivity index (χ2v) is 6.03. The first-order valence-electron chi connectivity index (χ1n) is 7.19. The van der Waals surface area contributed by atoms with Gasteiger partial charge in [-0.2, -0.15) is 0 Å². The smallest absolute Gasteiger partial charge is 0.259 e. The van der Waals surface area contributed by atoms with Gasteiger partial charge in [0.05, 0.1) is 11.3 Å². The van der Waals surface area contributed by atoms with Crippen molar-refractivity contribution in [2.75, 3.05) is 18.4 Å². The third-order valence-electron chi connectivity index (χ3n) is 3.53. The van der Waals surface area contributed by atoms with E-state index in [0.717, 1.165) is 25.3 Å². The predicted octanol–water partition coefficient (Wildman–Crippen LogP) is 2.78. The zero-order valence-electron chi connectivity index (χ0n) is 11.8. The number of thiazole rings is 1. The second kappa shape index (κ2) is 6.78. The van der Waals surface area contributed by atoms with Crippen molar-refractivity contribution >= 4 is 22.4 Å². The van der Waals surface area contributed by atoms with E-state index < -0.39 is 0 Å². The Kier molecular flexibility index (Phi) is 4.57. The number of nitrogens with zero attached hydrogens (tertiary/aromatic N) is 3. The van der Waals surface area contributed by atoms with Crippen molar-refractivity contribution in [1.29, 1.82) is 0 Å². The number of piperidine rings is 1. The Hall–Kier alpha value is -1.79. The normalized spacial score (nSPS) is 15.8. The van der Waals surface area contributed by atoms with Crippen LogP contribution in [0.1, 0.15) is 35.3 Å². The number of carbonyl (C=O) groups excluding carboxylic acids is 1. The van der Waals surface area contributed by atoms with E-state index in [-0.39, 0.29) is 5.91 Å². The van der Waals surface area contributed by atoms with Crippen molar-refractivity contribution in [1.82, 2.24) is 14.9 Å². The number of hydrogen-bond donors (Lipinski definition) is 1. The lowest BCUT2D eigenvalue weighted by molar-refractivity contribution is 0.102. The van der Waals surface area contributed by atoms with E-state index in [1.165, 1.54) is 30.6 Å². The molecule has 2 aromatic rings. The van der Waals surface area contributed by atoms with Gasteiger partial charge in [0.1, 0.15) is 0 Å². The van der Waals surface area contributed by atoms with E-state index in [0.29, 0.717) is 10.7 Å². The van der Waals surface area contributed by atoms with Gasteiger partial charge in [0.15, 0.2) is 5.13 Å². The van der Waals surface area contributed by atoms with Crippen LogP contribution >= 0.6 is 11.3 Å². The zero-order chi connectivity index (χ0) is 14.5. The summed E-state index contributed by atoms with van der Waals surface area (Å²) in [6.45, 7) is 3.17. The van der Waals surface area contributed by atoms with Crippen LogP contribution in [0.2, 0.25) is 0 Å². The second-order valence-electron chi connectivity index (χ2n) is 5.18. The van der Waals surface area contributed by atoms with Crippen molar-refractivity contribution in [3.05, 3.63) is 41.2 Å². The summed E-state index contributed by atoms with van der Waals surface area (Å²) in [6, 6.07) is 3.49. The van der Waals surface area contributed by atoms with Crippen LogP contribution in [0, 0.1) is 0 Å². The van der Waals surface area contributed by atoms with Crippen molar-refractivity contribution in [2.45, 2.75) is 25.8 Å². The number of anilines is 1. The van der Waals surface area contributed by atoms with Gasteiger partial charge in [-0.25, -0.2) is 4.98 Å². The fourth-order valence-electron chi connectivity index (χ4n) is 2.45. The molecule has 0 radical (unpaired) electrons. The third-order valence-corrected chi connectivity index (χ3v) is 4.34. The summed E-state index contributed by atoms with van der Waals surface area (Å²) in [5.41, 5.74) is 1.58. The largest absolute Gasteiger partial charge is 0.298 e. The number of amides is 1. The van der Waals surface area contributed by atoms with Crippen molar-refractivity contribution in [3.8, 4) is 0 Å². The van der Waals surface area contributed by atoms with Crippen LogP contribution in [-0.4, -0.2) is 33.9 Å². The zero-order valence-corrected chi connectivity index (χ0v) is 12.6. The Balaban J connectivity index is 1.58. The summed E-state index contributed by atoms with van der Waals surface area (Å²) in [6.07, 6.45) is 7.08. The molecule has 0 atom stereocenters. The fraction of sp³-hybridized carbons (Fsp3) is 0.400. The molecule has 1 saturated heterocycles. The van der Waals surface area contributed by atoms with E-state index in [2.05, 4.69) is 20.2 Å². The molecule has 3 heterocycles. The average Bonchev–Trinajstić information content (AvgIpc) is 2.96. The van der Waals surface area contributed by atoms with Crippen LogP contribution < -0.4 is 5.32 Å². The highest BCUT2D eigenvalue weighted by atomic mass is 32.1. The lowest BCUT2D eigenvalue weighted by Crippen LogP contribution is -2.29. The Labute approximate surface area is 128 Å². The summed E-state index contributed by atoms with van der Waals surface area (Å²) >= 11 is 1.47. The number of hydrogen-bond acceptors (Lipinski definition) is 5. The maximum atomic E-state index is 12.0. The SMILES string of the molecule is O=C(Nc1nc(CN2CCCCC2)cs1)c1cccnc1. The highest BCUT2D eigenvalue weighted by Gasteiger charge is 2.13. The van der Waals surface area contributed by atoms with Crippen LogP contribution in [0.25, 0.3) is 0 Å². The third kappa shape index (κ3) is 3.86. The molecule has 3 rings (SSSR count). The monoisotopic (exact) mass is 302 g/mol. The van der Waals surface area contributed by atoms with Crippen LogP contribution in [0.3, 0.4) is 0 Å². The molecule has 1 N–H and O–H groups in total. The molecule has 21 heavy (non-hydrogen) atoms. The number of carbonyl (C=O) groups is 1. The molecule has 0 bridgehead atoms. The minimum Gasteiger partial charge on any atom is -0.298 e. The van der Waals surface area contributed by atoms with Crippen molar-refractivity contribution < 1.29 is 4.79 Å². The van der Waals surface area contributed by atoms with Gasteiger partial charge in [0.2, 0.25) is 0 Å². The van der Waals surface area contributed by atoms with Crippen LogP contribution in [-0.2, 0) is 6.54 Å². The Morgan fingerprint density at radius 1 is 1.33 bits per heavy atom. The molecule has 1 aliphatic rings. The first-order chi connectivity index (χ1) is 10.3. The summed E-state index contributed by atoms with van der Waals surface area (Å²) in [5.74, 6) is -0.165. The van der Waals surface area contributed by atoms with E-state index >= 15 is 0 Å². The first-order valence-corrected chi connectivity index (χ1v) is 8.07. The number of pyridine rings is 1. The molecular weight excluding hydrogens is 284 g/mol. The summed E-state index contributed by atoms with van der Waals surface area (Å²) in [7, 11) is 0. The molecule has 5 nitrogen and oxygen atoms in total. The topological polar surface area (TPSA) is 58.1 Å². The lowest BCUT2D eigenvalue weighted by atomic mass is 10.1. The summed E-state index contributed by atoms with van der Waals surface area (Å²) in [4.78, 5) is 22.9. The predicted molar refractivity (Wildman–Crippen MR) is 83.4 cm³/mol. The molecule has 0 aromatic carbocycles. The molecule has 1 amide bonds. The summed E-state index contributed by atoms with van der Waals surface area (Å²) in [5, 5.41) is 5.50. The van der Waals surface area contributed by atoms with E-state index in [4.69, 9.17) is 0 Å². The Morgan fingerprint density at radius 3 is 2.95 bits per heavy atom. The number of aromatic nitrogens is 2. The standard InChI is InChI=1S/C15H18N4OS/c20-14(12-5-4-6-16-9-12)18-15-17-13(11-21-15)10-19-7-2-1-3-8-19/h4-6,9,11H,1-3,7-8,10H2,(H,17,18,20). The molecule has 1 aliphatic heterocycles. The van der Waals surface area contributed by atoms with E-state index in [1.807, 2.05) is 5.38 Å². The average molecular weight is 302 g/mol. The maximum Gasteiger partial charge on any atom is 0.259 e. The molecule has 6 heteroatoms. The first kappa shape index (κ1) is 14.2. The number of nitrogens with one attached hydrogen (secondary N) is 1. The minimum absolute atomic E-state index is 0.165. The Morgan fingerprint density at radius 2 is 2.19 bits per heavy atom. The molecular formula is C15H18N4OS. The van der Waals surface area contributed by atoms with Crippen LogP contribution in [0.15, 0.2) is 29.9 Å². The van der Waals surface area contributed by atoms with E-state index in [1.54, 1.807) is 24.5 Å². The van der Waals surface area contributed by atoms with Gasteiger partial charge in [0.25, 0.3) is 5.91 Å². The van der Waals surface area contributed by atoms with Gasteiger partial charge >= 0.3 is 0 Å². The summed E-state index contributed by atoms with van der Waals surface area (Å²) < 4.78 is 0. The molecule has 110 valence electrons. The van der Waals surface area contributed by atoms with Gasteiger partial charge in [-0.15, -0.1) is 11.3 Å². The van der Waals surface area contributed by atoms with Gasteiger partial charge < -0.3 is 0 Å². The Bertz CT molecular complexity index is 593. The molecule has 0 spiro atoms. The number of rotatable bonds is 4. The lowest BCUT2D eigenvalue weighted by Gasteiger charge is -2.25. The molecule has 0 aliphatic carbocycles. The molecule has 2 aromatic heterocycles. The highest BCUT2D eigenvalue weighted by molar-refractivity contribution is 7.13. The van der Waals surface area contributed by atoms with Gasteiger partial charge in [-0.3, -0.25) is 20.0 Å². The fourth-order valence-corrected chi connectivity index (χ4v) is 3.15. The minimum atomic E-state index is -0.165. The van der Waals surface area contributed by atoms with Crippen molar-refractivity contribution in [3.63, 3.8) is 0 Å². The van der Waals surface area contributed by atoms with E-state index in [9.17, 15) is 4.79 Å². The van der Waals surface area contributed by atoms with Gasteiger partial charge in [-0.1, -0.05) is 6.42 Å². The quantitative estimate of drug-likeness (QED) is 0.943. The molecule has 0 unspecified atom stereocenters. The van der Waals surface area contributed by atoms with Gasteiger partial charge in [-0.05, 0) is 38.1 Å². The van der Waals surface area contributed by atoms with Crippen LogP contribution in [0.4, 0.5) is 5.13 Å². The van der Waals surface area contributed by atoms with Gasteiger partial charge in [0, 0.05) is 24.3 Å². The number of likely N-dealkylation sites (tertiary alicyclic amines) is 1. The van der Waals surface area contributed by atoms with Crippen molar-refractivity contribution in [2.24, 2.45) is 0 Å². The molecule has 0 saturated carbocycles.